The van der Waals surface area contributed by atoms with E-state index in [-0.39, 0.29) is 16.5 Å². The van der Waals surface area contributed by atoms with E-state index < -0.39 is 11.7 Å². The molecule has 1 aromatic heterocycles. The fraction of sp³-hybridized carbons (Fsp3) is 0.267. The summed E-state index contributed by atoms with van der Waals surface area (Å²) in [5.41, 5.74) is 1.42. The second-order valence-electron chi connectivity index (χ2n) is 9.68. The number of hydrogen-bond acceptors (Lipinski definition) is 8. The fourth-order valence-corrected chi connectivity index (χ4v) is 4.77. The van der Waals surface area contributed by atoms with Crippen molar-refractivity contribution >= 4 is 45.4 Å². The number of nitrogens with one attached hydrogen (secondary N) is 3. The van der Waals surface area contributed by atoms with Gasteiger partial charge in [-0.15, -0.1) is 0 Å². The number of alkyl halides is 3. The second kappa shape index (κ2) is 13.3. The second-order valence-corrected chi connectivity index (χ2v) is 10.1. The summed E-state index contributed by atoms with van der Waals surface area (Å²) < 4.78 is 50.9. The molecule has 3 aromatic carbocycles. The minimum absolute atomic E-state index is 0.200. The predicted octanol–water partition coefficient (Wildman–Crippen LogP) is 7.14. The van der Waals surface area contributed by atoms with E-state index in [2.05, 4.69) is 37.4 Å². The van der Waals surface area contributed by atoms with Crippen molar-refractivity contribution in [3.63, 3.8) is 0 Å². The van der Waals surface area contributed by atoms with Crippen molar-refractivity contribution in [3.05, 3.63) is 90.0 Å². The van der Waals surface area contributed by atoms with Gasteiger partial charge in [0, 0.05) is 48.1 Å². The lowest BCUT2D eigenvalue weighted by Gasteiger charge is -2.26. The number of halogens is 4. The lowest BCUT2D eigenvalue weighted by atomic mass is 10.2. The number of anilines is 4. The summed E-state index contributed by atoms with van der Waals surface area (Å²) in [6.07, 6.45) is -2.15. The first-order valence-corrected chi connectivity index (χ1v) is 13.8. The first-order valence-electron chi connectivity index (χ1n) is 13.4. The third-order valence-electron chi connectivity index (χ3n) is 6.59. The molecule has 0 radical (unpaired) electrons. The number of nitrogens with zero attached hydrogens (tertiary/aromatic N) is 3. The minimum Gasteiger partial charge on any atom is -0.493 e. The van der Waals surface area contributed by atoms with Gasteiger partial charge in [0.25, 0.3) is 0 Å². The maximum Gasteiger partial charge on any atom is 0.417 e. The van der Waals surface area contributed by atoms with Crippen LogP contribution < -0.4 is 20.7 Å². The summed E-state index contributed by atoms with van der Waals surface area (Å²) in [5.74, 6) is 1.65. The molecule has 0 atom stereocenters. The Kier molecular flexibility index (Phi) is 9.31. The first-order chi connectivity index (χ1) is 20.2. The van der Waals surface area contributed by atoms with E-state index in [1.807, 2.05) is 42.5 Å². The topological polar surface area (TPSA) is 83.6 Å². The molecule has 220 valence electrons. The van der Waals surface area contributed by atoms with Crippen LogP contribution in [0.2, 0.25) is 5.02 Å². The van der Waals surface area contributed by atoms with E-state index in [9.17, 15) is 13.2 Å². The summed E-state index contributed by atoms with van der Waals surface area (Å²) in [6, 6.07) is 16.6. The highest BCUT2D eigenvalue weighted by atomic mass is 35.5. The van der Waals surface area contributed by atoms with Crippen molar-refractivity contribution in [3.8, 4) is 5.75 Å². The van der Waals surface area contributed by atoms with Crippen LogP contribution >= 0.6 is 11.6 Å². The molecule has 0 aliphatic carbocycles. The van der Waals surface area contributed by atoms with Crippen molar-refractivity contribution in [2.45, 2.75) is 12.6 Å². The molecule has 4 aromatic rings. The Labute approximate surface area is 246 Å². The van der Waals surface area contributed by atoms with Gasteiger partial charge >= 0.3 is 6.18 Å². The number of morpholine rings is 1. The molecule has 0 unspecified atom stereocenters. The lowest BCUT2D eigenvalue weighted by molar-refractivity contribution is -0.137. The molecule has 0 amide bonds. The Morgan fingerprint density at radius 1 is 0.976 bits per heavy atom. The highest BCUT2D eigenvalue weighted by molar-refractivity contribution is 6.31. The molecule has 8 nitrogen and oxygen atoms in total. The number of benzene rings is 3. The Morgan fingerprint density at radius 2 is 1.74 bits per heavy atom. The number of fused-ring (bicyclic) bond motifs is 1. The van der Waals surface area contributed by atoms with Gasteiger partial charge in [0.1, 0.15) is 23.7 Å². The van der Waals surface area contributed by atoms with Crippen LogP contribution in [-0.2, 0) is 10.9 Å². The van der Waals surface area contributed by atoms with Gasteiger partial charge in [-0.1, -0.05) is 24.2 Å². The van der Waals surface area contributed by atoms with Crippen LogP contribution in [0.4, 0.5) is 36.1 Å². The molecule has 2 heterocycles. The van der Waals surface area contributed by atoms with Gasteiger partial charge in [0.2, 0.25) is 0 Å². The first kappa shape index (κ1) is 29.4. The van der Waals surface area contributed by atoms with Crippen LogP contribution in [0.5, 0.6) is 5.75 Å². The Hall–Kier alpha value is -4.06. The molecule has 0 spiro atoms. The molecule has 1 saturated heterocycles. The third kappa shape index (κ3) is 7.81. The van der Waals surface area contributed by atoms with Crippen molar-refractivity contribution < 1.29 is 22.6 Å². The van der Waals surface area contributed by atoms with Gasteiger partial charge in [0.05, 0.1) is 35.9 Å². The molecule has 1 fully saturated rings. The zero-order valence-corrected chi connectivity index (χ0v) is 23.4. The molecular weight excluding hydrogens is 569 g/mol. The van der Waals surface area contributed by atoms with Gasteiger partial charge in [-0.05, 0) is 55.0 Å². The van der Waals surface area contributed by atoms with Crippen molar-refractivity contribution in [1.29, 1.82) is 0 Å². The molecule has 0 saturated carbocycles. The van der Waals surface area contributed by atoms with E-state index >= 15 is 0 Å². The van der Waals surface area contributed by atoms with E-state index in [4.69, 9.17) is 21.1 Å². The Morgan fingerprint density at radius 3 is 2.52 bits per heavy atom. The van der Waals surface area contributed by atoms with Crippen LogP contribution in [-0.4, -0.2) is 54.3 Å². The number of hydrogen-bond donors (Lipinski definition) is 3. The average molecular weight is 599 g/mol. The summed E-state index contributed by atoms with van der Waals surface area (Å²) in [6.45, 7) is 8.96. The molecule has 5 rings (SSSR count). The lowest BCUT2D eigenvalue weighted by Crippen LogP contribution is -2.37. The smallest absolute Gasteiger partial charge is 0.417 e. The number of aromatic nitrogens is 2. The van der Waals surface area contributed by atoms with Gasteiger partial charge in [0.15, 0.2) is 0 Å². The van der Waals surface area contributed by atoms with Crippen LogP contribution in [0, 0.1) is 0 Å². The third-order valence-corrected chi connectivity index (χ3v) is 6.92. The summed E-state index contributed by atoms with van der Waals surface area (Å²) in [7, 11) is 0. The van der Waals surface area contributed by atoms with E-state index in [1.54, 1.807) is 0 Å². The van der Waals surface area contributed by atoms with Gasteiger partial charge in [-0.25, -0.2) is 9.97 Å². The normalized spacial score (nSPS) is 14.0. The van der Waals surface area contributed by atoms with Crippen LogP contribution in [0.25, 0.3) is 10.9 Å². The zero-order chi connectivity index (χ0) is 29.5. The van der Waals surface area contributed by atoms with E-state index in [0.717, 1.165) is 67.7 Å². The quantitative estimate of drug-likeness (QED) is 0.157. The zero-order valence-electron chi connectivity index (χ0n) is 22.7. The van der Waals surface area contributed by atoms with Gasteiger partial charge < -0.3 is 25.4 Å². The summed E-state index contributed by atoms with van der Waals surface area (Å²) >= 11 is 5.71. The van der Waals surface area contributed by atoms with Crippen LogP contribution in [0.3, 0.4) is 0 Å². The summed E-state index contributed by atoms with van der Waals surface area (Å²) in [4.78, 5) is 11.2. The minimum atomic E-state index is -4.56. The highest BCUT2D eigenvalue weighted by Gasteiger charge is 2.33. The largest absolute Gasteiger partial charge is 0.493 e. The van der Waals surface area contributed by atoms with Crippen LogP contribution in [0.15, 0.2) is 79.4 Å². The van der Waals surface area contributed by atoms with Crippen molar-refractivity contribution in [1.82, 2.24) is 14.9 Å². The molecule has 1 aliphatic rings. The number of ether oxygens (including phenoxy) is 2. The Bertz CT molecular complexity index is 1550. The fourth-order valence-electron chi connectivity index (χ4n) is 4.54. The maximum absolute atomic E-state index is 13.2. The van der Waals surface area contributed by atoms with E-state index in [1.165, 1.54) is 18.5 Å². The number of rotatable bonds is 11. The molecule has 3 N–H and O–H groups in total. The summed E-state index contributed by atoms with van der Waals surface area (Å²) in [5, 5.41) is 9.67. The van der Waals surface area contributed by atoms with E-state index in [0.29, 0.717) is 18.1 Å². The predicted molar refractivity (Wildman–Crippen MR) is 159 cm³/mol. The van der Waals surface area contributed by atoms with Crippen LogP contribution in [0.1, 0.15) is 12.0 Å². The van der Waals surface area contributed by atoms with Gasteiger partial charge in [-0.3, -0.25) is 4.90 Å². The molecular formula is C30H30ClF3N6O2. The Balaban J connectivity index is 1.19. The van der Waals surface area contributed by atoms with Gasteiger partial charge in [-0.2, -0.15) is 13.2 Å². The average Bonchev–Trinajstić information content (AvgIpc) is 2.96. The molecule has 1 aliphatic heterocycles. The maximum atomic E-state index is 13.2. The standard InChI is InChI=1S/C30H30ClF3N6O2/c1-20(38-23-6-9-27(31)26(17-23)30(32,33)34)37-21-4-2-5-22(16-21)39-29-25-8-7-24(18-28(25)35-19-36-29)42-13-3-10-40-11-14-41-15-12-40/h2,4-9,16-19,37-38H,1,3,10-15H2,(H,35,36,39). The monoisotopic (exact) mass is 598 g/mol. The van der Waals surface area contributed by atoms with Crippen molar-refractivity contribution in [2.24, 2.45) is 0 Å². The molecule has 42 heavy (non-hydrogen) atoms. The highest BCUT2D eigenvalue weighted by Crippen LogP contribution is 2.36. The molecule has 0 bridgehead atoms. The SMILES string of the molecule is C=C(Nc1cccc(Nc2ncnc3cc(OCCCN4CCOCC4)ccc23)c1)Nc1ccc(Cl)c(C(F)(F)F)c1. The van der Waals surface area contributed by atoms with Crippen molar-refractivity contribution in [2.75, 3.05) is 55.4 Å². The molecule has 12 heteroatoms.